The summed E-state index contributed by atoms with van der Waals surface area (Å²) >= 11 is 0. The fourth-order valence-corrected chi connectivity index (χ4v) is 2.71. The Kier molecular flexibility index (Phi) is 4.95. The van der Waals surface area contributed by atoms with Gasteiger partial charge < -0.3 is 16.0 Å². The minimum absolute atomic E-state index is 0.166. The molecule has 0 aliphatic heterocycles. The molecule has 5 heteroatoms. The molecule has 0 aliphatic carbocycles. The molecule has 5 nitrogen and oxygen atoms in total. The van der Waals surface area contributed by atoms with Crippen LogP contribution in [0.15, 0.2) is 66.7 Å². The third-order valence-corrected chi connectivity index (χ3v) is 4.02. The molecule has 3 rings (SSSR count). The summed E-state index contributed by atoms with van der Waals surface area (Å²) < 4.78 is 0. The number of urea groups is 1. The third-order valence-electron chi connectivity index (χ3n) is 4.02. The number of hydrogen-bond donors (Lipinski definition) is 3. The van der Waals surface area contributed by atoms with Crippen LogP contribution in [0.1, 0.15) is 18.5 Å². The standard InChI is InChI=1S/C20H19N3O2/c1-14(15-9-11-17(12-10-15)21-13-24)22-20(25)23-19-8-4-6-16-5-2-3-7-18(16)19/h2-14H,1H3,(H,21,24)(H2,22,23,25). The second kappa shape index (κ2) is 7.49. The van der Waals surface area contributed by atoms with Crippen molar-refractivity contribution in [2.45, 2.75) is 13.0 Å². The van der Waals surface area contributed by atoms with Crippen molar-refractivity contribution in [3.63, 3.8) is 0 Å². The maximum Gasteiger partial charge on any atom is 0.319 e. The second-order valence-electron chi connectivity index (χ2n) is 5.73. The van der Waals surface area contributed by atoms with Crippen LogP contribution in [-0.4, -0.2) is 12.4 Å². The molecular formula is C20H19N3O2. The van der Waals surface area contributed by atoms with Gasteiger partial charge in [0.25, 0.3) is 0 Å². The lowest BCUT2D eigenvalue weighted by Gasteiger charge is -2.16. The van der Waals surface area contributed by atoms with Gasteiger partial charge >= 0.3 is 6.03 Å². The predicted octanol–water partition coefficient (Wildman–Crippen LogP) is 4.29. The summed E-state index contributed by atoms with van der Waals surface area (Å²) in [7, 11) is 0. The molecule has 1 unspecified atom stereocenters. The summed E-state index contributed by atoms with van der Waals surface area (Å²) in [6.07, 6.45) is 0.633. The number of benzene rings is 3. The maximum atomic E-state index is 12.3. The molecule has 0 saturated heterocycles. The summed E-state index contributed by atoms with van der Waals surface area (Å²) in [5, 5.41) is 10.5. The lowest BCUT2D eigenvalue weighted by atomic mass is 10.1. The zero-order chi connectivity index (χ0) is 17.6. The average Bonchev–Trinajstić information content (AvgIpc) is 2.63. The van der Waals surface area contributed by atoms with Gasteiger partial charge in [-0.3, -0.25) is 4.79 Å². The molecule has 3 amide bonds. The second-order valence-corrected chi connectivity index (χ2v) is 5.73. The number of amides is 3. The minimum Gasteiger partial charge on any atom is -0.331 e. The van der Waals surface area contributed by atoms with Crippen molar-refractivity contribution < 1.29 is 9.59 Å². The Morgan fingerprint density at radius 3 is 2.44 bits per heavy atom. The fourth-order valence-electron chi connectivity index (χ4n) is 2.71. The van der Waals surface area contributed by atoms with E-state index in [1.807, 2.05) is 61.5 Å². The zero-order valence-corrected chi connectivity index (χ0v) is 13.8. The van der Waals surface area contributed by atoms with Gasteiger partial charge in [-0.25, -0.2) is 4.79 Å². The van der Waals surface area contributed by atoms with E-state index in [0.717, 1.165) is 22.0 Å². The van der Waals surface area contributed by atoms with Gasteiger partial charge in [0.2, 0.25) is 6.41 Å². The lowest BCUT2D eigenvalue weighted by Crippen LogP contribution is -2.31. The molecular weight excluding hydrogens is 314 g/mol. The molecule has 0 radical (unpaired) electrons. The van der Waals surface area contributed by atoms with Gasteiger partial charge in [-0.1, -0.05) is 48.5 Å². The molecule has 1 atom stereocenters. The lowest BCUT2D eigenvalue weighted by molar-refractivity contribution is -0.105. The highest BCUT2D eigenvalue weighted by Gasteiger charge is 2.10. The molecule has 0 spiro atoms. The largest absolute Gasteiger partial charge is 0.331 e. The van der Waals surface area contributed by atoms with Crippen LogP contribution < -0.4 is 16.0 Å². The van der Waals surface area contributed by atoms with E-state index in [1.54, 1.807) is 12.1 Å². The summed E-state index contributed by atoms with van der Waals surface area (Å²) in [4.78, 5) is 22.8. The first-order chi connectivity index (χ1) is 12.2. The average molecular weight is 333 g/mol. The molecule has 25 heavy (non-hydrogen) atoms. The van der Waals surface area contributed by atoms with Gasteiger partial charge in [-0.2, -0.15) is 0 Å². The highest BCUT2D eigenvalue weighted by molar-refractivity contribution is 6.01. The predicted molar refractivity (Wildman–Crippen MR) is 101 cm³/mol. The van der Waals surface area contributed by atoms with Crippen molar-refractivity contribution in [2.24, 2.45) is 0 Å². The normalized spacial score (nSPS) is 11.6. The fraction of sp³-hybridized carbons (Fsp3) is 0.100. The van der Waals surface area contributed by atoms with Gasteiger partial charge in [-0.05, 0) is 36.1 Å². The first kappa shape index (κ1) is 16.5. The van der Waals surface area contributed by atoms with Crippen molar-refractivity contribution in [3.8, 4) is 0 Å². The highest BCUT2D eigenvalue weighted by Crippen LogP contribution is 2.23. The molecule has 0 heterocycles. The van der Waals surface area contributed by atoms with Crippen molar-refractivity contribution in [1.29, 1.82) is 0 Å². The van der Waals surface area contributed by atoms with Crippen molar-refractivity contribution in [2.75, 3.05) is 10.6 Å². The molecule has 0 aromatic heterocycles. The van der Waals surface area contributed by atoms with Crippen LogP contribution in [-0.2, 0) is 4.79 Å². The van der Waals surface area contributed by atoms with Gasteiger partial charge in [-0.15, -0.1) is 0 Å². The Balaban J connectivity index is 1.68. The van der Waals surface area contributed by atoms with Crippen molar-refractivity contribution >= 4 is 34.6 Å². The van der Waals surface area contributed by atoms with Crippen LogP contribution >= 0.6 is 0 Å². The van der Waals surface area contributed by atoms with Crippen molar-refractivity contribution in [1.82, 2.24) is 5.32 Å². The summed E-state index contributed by atoms with van der Waals surface area (Å²) in [6.45, 7) is 1.91. The Hall–Kier alpha value is -3.34. The van der Waals surface area contributed by atoms with E-state index in [9.17, 15) is 9.59 Å². The number of hydrogen-bond acceptors (Lipinski definition) is 2. The number of anilines is 2. The van der Waals surface area contributed by atoms with E-state index >= 15 is 0 Å². The maximum absolute atomic E-state index is 12.3. The van der Waals surface area contributed by atoms with Crippen LogP contribution in [0.3, 0.4) is 0 Å². The smallest absolute Gasteiger partial charge is 0.319 e. The van der Waals surface area contributed by atoms with E-state index in [0.29, 0.717) is 12.1 Å². The number of carbonyl (C=O) groups is 2. The Morgan fingerprint density at radius 1 is 0.960 bits per heavy atom. The van der Waals surface area contributed by atoms with E-state index in [4.69, 9.17) is 0 Å². The first-order valence-corrected chi connectivity index (χ1v) is 8.03. The van der Waals surface area contributed by atoms with Gasteiger partial charge in [0.05, 0.1) is 11.7 Å². The van der Waals surface area contributed by atoms with E-state index in [2.05, 4.69) is 16.0 Å². The molecule has 0 bridgehead atoms. The molecule has 0 fully saturated rings. The topological polar surface area (TPSA) is 70.2 Å². The Labute approximate surface area is 146 Å². The molecule has 3 aromatic carbocycles. The van der Waals surface area contributed by atoms with Gasteiger partial charge in [0.15, 0.2) is 0 Å². The van der Waals surface area contributed by atoms with E-state index < -0.39 is 0 Å². The number of nitrogens with one attached hydrogen (secondary N) is 3. The molecule has 3 N–H and O–H groups in total. The summed E-state index contributed by atoms with van der Waals surface area (Å²) in [5.74, 6) is 0. The summed E-state index contributed by atoms with van der Waals surface area (Å²) in [5.41, 5.74) is 2.43. The van der Waals surface area contributed by atoms with Crippen LogP contribution in [0, 0.1) is 0 Å². The van der Waals surface area contributed by atoms with Gasteiger partial charge in [0, 0.05) is 11.1 Å². The minimum atomic E-state index is -0.265. The van der Waals surface area contributed by atoms with Crippen molar-refractivity contribution in [3.05, 3.63) is 72.3 Å². The monoisotopic (exact) mass is 333 g/mol. The molecule has 0 aliphatic rings. The van der Waals surface area contributed by atoms with Crippen LogP contribution in [0.2, 0.25) is 0 Å². The van der Waals surface area contributed by atoms with E-state index in [1.165, 1.54) is 0 Å². The number of rotatable bonds is 5. The van der Waals surface area contributed by atoms with Gasteiger partial charge in [0.1, 0.15) is 0 Å². The van der Waals surface area contributed by atoms with Crippen LogP contribution in [0.5, 0.6) is 0 Å². The Morgan fingerprint density at radius 2 is 1.68 bits per heavy atom. The quantitative estimate of drug-likeness (QED) is 0.610. The Bertz CT molecular complexity index is 886. The molecule has 126 valence electrons. The number of fused-ring (bicyclic) bond motifs is 1. The van der Waals surface area contributed by atoms with Crippen LogP contribution in [0.25, 0.3) is 10.8 Å². The van der Waals surface area contributed by atoms with Crippen LogP contribution in [0.4, 0.5) is 16.2 Å². The third kappa shape index (κ3) is 3.95. The highest BCUT2D eigenvalue weighted by atomic mass is 16.2. The zero-order valence-electron chi connectivity index (χ0n) is 13.8. The SMILES string of the molecule is CC(NC(=O)Nc1cccc2ccccc12)c1ccc(NC=O)cc1. The van der Waals surface area contributed by atoms with E-state index in [-0.39, 0.29) is 12.1 Å². The first-order valence-electron chi connectivity index (χ1n) is 8.03. The molecule has 3 aromatic rings. The molecule has 0 saturated carbocycles. The number of carbonyl (C=O) groups excluding carboxylic acids is 2. The summed E-state index contributed by atoms with van der Waals surface area (Å²) in [6, 6.07) is 20.6.